The number of ketones is 1. The third-order valence-electron chi connectivity index (χ3n) is 4.97. The first-order chi connectivity index (χ1) is 12.4. The van der Waals surface area contributed by atoms with Gasteiger partial charge in [-0.1, -0.05) is 41.9 Å². The lowest BCUT2D eigenvalue weighted by atomic mass is 9.89. The number of hydrogen-bond donors (Lipinski definition) is 0. The molecule has 0 N–H and O–H groups in total. The topological polar surface area (TPSA) is 63.7 Å². The summed E-state index contributed by atoms with van der Waals surface area (Å²) in [5.41, 5.74) is 0.357. The Kier molecular flexibility index (Phi) is 4.29. The Morgan fingerprint density at radius 1 is 1.12 bits per heavy atom. The molecule has 26 heavy (non-hydrogen) atoms. The number of sulfonamides is 1. The lowest BCUT2D eigenvalue weighted by Gasteiger charge is -2.34. The van der Waals surface area contributed by atoms with Crippen LogP contribution in [0.5, 0.6) is 5.75 Å². The second-order valence-corrected chi connectivity index (χ2v) is 9.19. The summed E-state index contributed by atoms with van der Waals surface area (Å²) in [6.45, 7) is 0.516. The number of Topliss-reactive ketones (excluding diaryl/α,β-unsaturated/α-hetero) is 1. The number of fused-ring (bicyclic) bond motifs is 1. The minimum atomic E-state index is -3.55. The molecule has 1 unspecified atom stereocenters. The highest BCUT2D eigenvalue weighted by Gasteiger charge is 2.48. The van der Waals surface area contributed by atoms with Gasteiger partial charge >= 0.3 is 0 Å². The Bertz CT molecular complexity index is 975. The Morgan fingerprint density at radius 2 is 1.85 bits per heavy atom. The molecule has 0 radical (unpaired) electrons. The van der Waals surface area contributed by atoms with E-state index in [1.54, 1.807) is 42.5 Å². The highest BCUT2D eigenvalue weighted by atomic mass is 35.5. The maximum Gasteiger partial charge on any atom is 0.218 e. The molecular formula is C19H18ClNO4S. The van der Waals surface area contributed by atoms with Gasteiger partial charge in [-0.2, -0.15) is 4.31 Å². The molecule has 2 aromatic carbocycles. The zero-order chi connectivity index (χ0) is 18.4. The van der Waals surface area contributed by atoms with E-state index in [0.717, 1.165) is 0 Å². The van der Waals surface area contributed by atoms with Crippen LogP contribution < -0.4 is 4.74 Å². The minimum absolute atomic E-state index is 0.00259. The van der Waals surface area contributed by atoms with Gasteiger partial charge in [0.05, 0.1) is 24.3 Å². The van der Waals surface area contributed by atoms with Crippen molar-refractivity contribution in [3.8, 4) is 5.75 Å². The van der Waals surface area contributed by atoms with Crippen LogP contribution in [0.4, 0.5) is 0 Å². The van der Waals surface area contributed by atoms with Crippen LogP contribution in [0.1, 0.15) is 28.8 Å². The monoisotopic (exact) mass is 391 g/mol. The molecule has 0 bridgehead atoms. The van der Waals surface area contributed by atoms with Crippen LogP contribution in [0.3, 0.4) is 0 Å². The van der Waals surface area contributed by atoms with Gasteiger partial charge in [0, 0.05) is 18.0 Å². The first kappa shape index (κ1) is 17.5. The molecule has 0 aromatic heterocycles. The number of hydrogen-bond acceptors (Lipinski definition) is 4. The molecule has 7 heteroatoms. The predicted octanol–water partition coefficient (Wildman–Crippen LogP) is 3.28. The highest BCUT2D eigenvalue weighted by Crippen LogP contribution is 2.39. The highest BCUT2D eigenvalue weighted by molar-refractivity contribution is 7.88. The number of para-hydroxylation sites is 1. The van der Waals surface area contributed by atoms with Crippen LogP contribution in [0.2, 0.25) is 5.02 Å². The van der Waals surface area contributed by atoms with Gasteiger partial charge in [-0.15, -0.1) is 0 Å². The fourth-order valence-corrected chi connectivity index (χ4v) is 5.53. The summed E-state index contributed by atoms with van der Waals surface area (Å²) < 4.78 is 33.2. The standard InChI is InChI=1S/C19H18ClNO4S/c20-16-7-3-1-5-14(16)12-26(23,24)21-10-9-19(13-21)11-17(22)15-6-2-4-8-18(15)25-19/h1-8H,9-13H2. The van der Waals surface area contributed by atoms with E-state index in [4.69, 9.17) is 16.3 Å². The van der Waals surface area contributed by atoms with Gasteiger partial charge in [0.1, 0.15) is 11.4 Å². The molecule has 1 atom stereocenters. The summed E-state index contributed by atoms with van der Waals surface area (Å²) >= 11 is 6.10. The van der Waals surface area contributed by atoms with Crippen molar-refractivity contribution < 1.29 is 17.9 Å². The summed E-state index contributed by atoms with van der Waals surface area (Å²) in [7, 11) is -3.55. The quantitative estimate of drug-likeness (QED) is 0.805. The zero-order valence-electron chi connectivity index (χ0n) is 14.0. The zero-order valence-corrected chi connectivity index (χ0v) is 15.6. The number of nitrogens with zero attached hydrogens (tertiary/aromatic N) is 1. The first-order valence-electron chi connectivity index (χ1n) is 8.41. The summed E-state index contributed by atoms with van der Waals surface area (Å²) in [6.07, 6.45) is 0.691. The third kappa shape index (κ3) is 3.13. The van der Waals surface area contributed by atoms with Gasteiger partial charge in [0.15, 0.2) is 5.78 Å². The van der Waals surface area contributed by atoms with E-state index in [9.17, 15) is 13.2 Å². The van der Waals surface area contributed by atoms with Crippen LogP contribution in [0.25, 0.3) is 0 Å². The fourth-order valence-electron chi connectivity index (χ4n) is 3.62. The molecule has 1 saturated heterocycles. The van der Waals surface area contributed by atoms with Crippen molar-refractivity contribution in [2.75, 3.05) is 13.1 Å². The molecule has 1 spiro atoms. The first-order valence-corrected chi connectivity index (χ1v) is 10.4. The Labute approximate surface area is 157 Å². The molecule has 2 aromatic rings. The van der Waals surface area contributed by atoms with Crippen LogP contribution in [0.15, 0.2) is 48.5 Å². The SMILES string of the molecule is O=C1CC2(CCN(S(=O)(=O)Cc3ccccc3Cl)C2)Oc2ccccc21. The lowest BCUT2D eigenvalue weighted by Crippen LogP contribution is -2.45. The number of rotatable bonds is 3. The van der Waals surface area contributed by atoms with E-state index in [1.165, 1.54) is 4.31 Å². The molecule has 4 rings (SSSR count). The molecule has 1 fully saturated rings. The molecule has 0 saturated carbocycles. The summed E-state index contributed by atoms with van der Waals surface area (Å²) in [5, 5.41) is 0.433. The van der Waals surface area contributed by atoms with Crippen molar-refractivity contribution in [1.82, 2.24) is 4.31 Å². The molecule has 2 aliphatic heterocycles. The van der Waals surface area contributed by atoms with Gasteiger partial charge in [-0.3, -0.25) is 4.79 Å². The molecular weight excluding hydrogens is 374 g/mol. The minimum Gasteiger partial charge on any atom is -0.485 e. The summed E-state index contributed by atoms with van der Waals surface area (Å²) in [5.74, 6) is 0.374. The number of carbonyl (C=O) groups excluding carboxylic acids is 1. The van der Waals surface area contributed by atoms with E-state index < -0.39 is 15.6 Å². The van der Waals surface area contributed by atoms with Crippen molar-refractivity contribution in [1.29, 1.82) is 0 Å². The molecule has 0 aliphatic carbocycles. The van der Waals surface area contributed by atoms with E-state index >= 15 is 0 Å². The van der Waals surface area contributed by atoms with Crippen LogP contribution in [-0.2, 0) is 15.8 Å². The van der Waals surface area contributed by atoms with Crippen molar-refractivity contribution in [3.05, 3.63) is 64.7 Å². The Hall–Kier alpha value is -1.89. The maximum atomic E-state index is 12.8. The van der Waals surface area contributed by atoms with Gasteiger partial charge in [0.2, 0.25) is 10.0 Å². The molecule has 136 valence electrons. The second kappa shape index (κ2) is 6.37. The van der Waals surface area contributed by atoms with Crippen molar-refractivity contribution in [3.63, 3.8) is 0 Å². The Balaban J connectivity index is 1.55. The van der Waals surface area contributed by atoms with Crippen molar-refractivity contribution in [2.45, 2.75) is 24.2 Å². The average molecular weight is 392 g/mol. The van der Waals surface area contributed by atoms with Crippen molar-refractivity contribution in [2.24, 2.45) is 0 Å². The van der Waals surface area contributed by atoms with Gasteiger partial charge in [-0.25, -0.2) is 8.42 Å². The Morgan fingerprint density at radius 3 is 2.65 bits per heavy atom. The van der Waals surface area contributed by atoms with E-state index in [2.05, 4.69) is 0 Å². The molecule has 2 aliphatic rings. The van der Waals surface area contributed by atoms with Gasteiger partial charge in [0.25, 0.3) is 0 Å². The van der Waals surface area contributed by atoms with Crippen LogP contribution >= 0.6 is 11.6 Å². The molecule has 2 heterocycles. The number of halogens is 1. The largest absolute Gasteiger partial charge is 0.485 e. The van der Waals surface area contributed by atoms with E-state index in [1.807, 2.05) is 6.07 Å². The summed E-state index contributed by atoms with van der Waals surface area (Å²) in [4.78, 5) is 12.5. The normalized spacial score (nSPS) is 23.0. The average Bonchev–Trinajstić information content (AvgIpc) is 3.01. The van der Waals surface area contributed by atoms with Gasteiger partial charge < -0.3 is 4.74 Å². The number of benzene rings is 2. The second-order valence-electron chi connectivity index (χ2n) is 6.81. The third-order valence-corrected chi connectivity index (χ3v) is 7.11. The van der Waals surface area contributed by atoms with Crippen LogP contribution in [-0.4, -0.2) is 37.2 Å². The lowest BCUT2D eigenvalue weighted by molar-refractivity contribution is 0.0498. The van der Waals surface area contributed by atoms with E-state index in [0.29, 0.717) is 34.9 Å². The molecule has 0 amide bonds. The maximum absolute atomic E-state index is 12.8. The van der Waals surface area contributed by atoms with Crippen LogP contribution in [0, 0.1) is 0 Å². The summed E-state index contributed by atoms with van der Waals surface area (Å²) in [6, 6.07) is 14.0. The van der Waals surface area contributed by atoms with Crippen molar-refractivity contribution >= 4 is 27.4 Å². The number of ether oxygens (including phenoxy) is 1. The number of carbonyl (C=O) groups is 1. The van der Waals surface area contributed by atoms with Gasteiger partial charge in [-0.05, 0) is 23.8 Å². The van der Waals surface area contributed by atoms with E-state index in [-0.39, 0.29) is 24.5 Å². The fraction of sp³-hybridized carbons (Fsp3) is 0.316. The molecule has 5 nitrogen and oxygen atoms in total. The predicted molar refractivity (Wildman–Crippen MR) is 99.0 cm³/mol. The smallest absolute Gasteiger partial charge is 0.218 e.